The van der Waals surface area contributed by atoms with Crippen molar-refractivity contribution in [3.63, 3.8) is 0 Å². The number of nitrogens with one attached hydrogen (secondary N) is 1. The molecule has 0 fully saturated rings. The summed E-state index contributed by atoms with van der Waals surface area (Å²) in [6, 6.07) is 11.7. The Morgan fingerprint density at radius 2 is 2.03 bits per heavy atom. The Labute approximate surface area is 186 Å². The Bertz CT molecular complexity index is 1030. The summed E-state index contributed by atoms with van der Waals surface area (Å²) in [6.07, 6.45) is 0. The predicted molar refractivity (Wildman–Crippen MR) is 119 cm³/mol. The van der Waals surface area contributed by atoms with E-state index >= 15 is 0 Å². The number of aromatic nitrogens is 3. The number of amides is 1. The van der Waals surface area contributed by atoms with Crippen molar-refractivity contribution in [1.82, 2.24) is 14.8 Å². The molecule has 0 bridgehead atoms. The van der Waals surface area contributed by atoms with Crippen LogP contribution in [0.3, 0.4) is 0 Å². The van der Waals surface area contributed by atoms with Crippen molar-refractivity contribution in [1.29, 1.82) is 0 Å². The first kappa shape index (κ1) is 21.8. The lowest BCUT2D eigenvalue weighted by atomic mass is 10.2. The molecule has 0 atom stereocenters. The fourth-order valence-corrected chi connectivity index (χ4v) is 4.14. The summed E-state index contributed by atoms with van der Waals surface area (Å²) in [5, 5.41) is 12.2. The van der Waals surface area contributed by atoms with Crippen LogP contribution >= 0.6 is 39.3 Å². The third-order valence-electron chi connectivity index (χ3n) is 3.92. The van der Waals surface area contributed by atoms with Gasteiger partial charge in [0.05, 0.1) is 22.0 Å². The zero-order valence-electron chi connectivity index (χ0n) is 15.8. The molecule has 0 unspecified atom stereocenters. The molecule has 2 aromatic carbocycles. The number of hydrogen-bond donors (Lipinski definition) is 1. The van der Waals surface area contributed by atoms with E-state index in [9.17, 15) is 9.18 Å². The van der Waals surface area contributed by atoms with E-state index in [1.165, 1.54) is 17.8 Å². The van der Waals surface area contributed by atoms with Crippen molar-refractivity contribution < 1.29 is 9.18 Å². The summed E-state index contributed by atoms with van der Waals surface area (Å²) < 4.78 is 16.9. The van der Waals surface area contributed by atoms with Gasteiger partial charge in [0.2, 0.25) is 5.91 Å². The predicted octanol–water partition coefficient (Wildman–Crippen LogP) is 5.89. The van der Waals surface area contributed by atoms with Gasteiger partial charge in [0.15, 0.2) is 11.0 Å². The summed E-state index contributed by atoms with van der Waals surface area (Å²) >= 11 is 10.7. The second-order valence-electron chi connectivity index (χ2n) is 6.75. The zero-order chi connectivity index (χ0) is 21.0. The van der Waals surface area contributed by atoms with Crippen molar-refractivity contribution in [2.45, 2.75) is 25.5 Å². The van der Waals surface area contributed by atoms with E-state index in [0.717, 1.165) is 4.47 Å². The number of hydrogen-bond acceptors (Lipinski definition) is 4. The lowest BCUT2D eigenvalue weighted by Crippen LogP contribution is -2.15. The number of carbonyl (C=O) groups excluding carboxylic acids is 1. The highest BCUT2D eigenvalue weighted by Crippen LogP contribution is 2.28. The van der Waals surface area contributed by atoms with Gasteiger partial charge in [-0.3, -0.25) is 4.79 Å². The molecule has 0 aliphatic carbocycles. The summed E-state index contributed by atoms with van der Waals surface area (Å²) in [4.78, 5) is 12.4. The Morgan fingerprint density at radius 1 is 1.28 bits per heavy atom. The molecule has 9 heteroatoms. The fourth-order valence-electron chi connectivity index (χ4n) is 2.67. The van der Waals surface area contributed by atoms with Gasteiger partial charge < -0.3 is 9.88 Å². The summed E-state index contributed by atoms with van der Waals surface area (Å²) in [7, 11) is 0. The van der Waals surface area contributed by atoms with Gasteiger partial charge in [0.25, 0.3) is 0 Å². The van der Waals surface area contributed by atoms with Crippen LogP contribution in [0.4, 0.5) is 10.1 Å². The second-order valence-corrected chi connectivity index (χ2v) is 9.02. The van der Waals surface area contributed by atoms with Crippen LogP contribution in [-0.2, 0) is 11.3 Å². The van der Waals surface area contributed by atoms with E-state index in [2.05, 4.69) is 45.3 Å². The molecule has 3 rings (SSSR count). The molecule has 0 spiro atoms. The molecule has 0 radical (unpaired) electrons. The van der Waals surface area contributed by atoms with Crippen LogP contribution in [0.1, 0.15) is 13.8 Å². The van der Waals surface area contributed by atoms with Crippen LogP contribution in [0.2, 0.25) is 5.02 Å². The molecular formula is C20H19BrClFN4OS. The average Bonchev–Trinajstić information content (AvgIpc) is 3.04. The molecule has 1 amide bonds. The van der Waals surface area contributed by atoms with Crippen molar-refractivity contribution in [2.75, 3.05) is 11.1 Å². The smallest absolute Gasteiger partial charge is 0.234 e. The molecule has 152 valence electrons. The number of thioether (sulfide) groups is 1. The number of halogens is 3. The molecule has 1 N–H and O–H groups in total. The van der Waals surface area contributed by atoms with Gasteiger partial charge in [-0.15, -0.1) is 10.2 Å². The first-order chi connectivity index (χ1) is 13.8. The minimum atomic E-state index is -0.357. The number of carbonyl (C=O) groups is 1. The Hall–Kier alpha value is -1.90. The van der Waals surface area contributed by atoms with Gasteiger partial charge in [-0.05, 0) is 36.2 Å². The summed E-state index contributed by atoms with van der Waals surface area (Å²) in [6.45, 7) is 4.72. The third-order valence-corrected chi connectivity index (χ3v) is 5.69. The topological polar surface area (TPSA) is 59.8 Å². The molecule has 3 aromatic rings. The highest BCUT2D eigenvalue weighted by Gasteiger charge is 2.19. The van der Waals surface area contributed by atoms with Crippen molar-refractivity contribution in [3.05, 3.63) is 57.8 Å². The highest BCUT2D eigenvalue weighted by molar-refractivity contribution is 9.10. The van der Waals surface area contributed by atoms with E-state index in [0.29, 0.717) is 39.7 Å². The monoisotopic (exact) mass is 496 g/mol. The van der Waals surface area contributed by atoms with Crippen molar-refractivity contribution in [3.8, 4) is 11.4 Å². The number of rotatable bonds is 7. The van der Waals surface area contributed by atoms with E-state index in [-0.39, 0.29) is 17.5 Å². The number of nitrogens with zero attached hydrogens (tertiary/aromatic N) is 3. The minimum Gasteiger partial charge on any atom is -0.324 e. The minimum absolute atomic E-state index is 0.125. The maximum atomic E-state index is 14.3. The Balaban J connectivity index is 1.76. The van der Waals surface area contributed by atoms with Crippen LogP contribution < -0.4 is 5.32 Å². The largest absolute Gasteiger partial charge is 0.324 e. The van der Waals surface area contributed by atoms with E-state index in [4.69, 9.17) is 11.6 Å². The highest BCUT2D eigenvalue weighted by atomic mass is 79.9. The number of anilines is 1. The lowest BCUT2D eigenvalue weighted by molar-refractivity contribution is -0.113. The van der Waals surface area contributed by atoms with E-state index < -0.39 is 0 Å². The number of benzene rings is 2. The summed E-state index contributed by atoms with van der Waals surface area (Å²) in [5.74, 6) is 0.302. The van der Waals surface area contributed by atoms with Crippen LogP contribution in [0.15, 0.2) is 52.1 Å². The zero-order valence-corrected chi connectivity index (χ0v) is 19.0. The SMILES string of the molecule is CC(C)Cn1c(SCC(=O)Nc2ccc(Br)cc2Cl)nnc1-c1ccccc1F. The molecule has 0 aliphatic rings. The standard InChI is InChI=1S/C20H19BrClFN4OS/c1-12(2)10-27-19(14-5-3-4-6-16(14)23)25-26-20(27)29-11-18(28)24-17-8-7-13(21)9-15(17)22/h3-9,12H,10-11H2,1-2H3,(H,24,28). The van der Waals surface area contributed by atoms with Crippen LogP contribution in [0.5, 0.6) is 0 Å². The van der Waals surface area contributed by atoms with Gasteiger partial charge in [0, 0.05) is 11.0 Å². The van der Waals surface area contributed by atoms with Gasteiger partial charge >= 0.3 is 0 Å². The maximum absolute atomic E-state index is 14.3. The lowest BCUT2D eigenvalue weighted by Gasteiger charge is -2.13. The molecule has 5 nitrogen and oxygen atoms in total. The molecule has 0 saturated carbocycles. The molecule has 1 aromatic heterocycles. The third kappa shape index (κ3) is 5.58. The molecule has 0 saturated heterocycles. The van der Waals surface area contributed by atoms with Crippen molar-refractivity contribution >= 4 is 50.9 Å². The van der Waals surface area contributed by atoms with E-state index in [1.807, 2.05) is 4.57 Å². The van der Waals surface area contributed by atoms with Gasteiger partial charge in [0.1, 0.15) is 5.82 Å². The van der Waals surface area contributed by atoms with Crippen LogP contribution in [0, 0.1) is 11.7 Å². The quantitative estimate of drug-likeness (QED) is 0.414. The van der Waals surface area contributed by atoms with E-state index in [1.54, 1.807) is 36.4 Å². The van der Waals surface area contributed by atoms with Gasteiger partial charge in [-0.1, -0.05) is 65.3 Å². The molecule has 0 aliphatic heterocycles. The van der Waals surface area contributed by atoms with Gasteiger partial charge in [-0.25, -0.2) is 4.39 Å². The normalized spacial score (nSPS) is 11.1. The second kappa shape index (κ2) is 9.73. The average molecular weight is 498 g/mol. The fraction of sp³-hybridized carbons (Fsp3) is 0.250. The molecule has 29 heavy (non-hydrogen) atoms. The van der Waals surface area contributed by atoms with Crippen LogP contribution in [0.25, 0.3) is 11.4 Å². The van der Waals surface area contributed by atoms with Crippen molar-refractivity contribution in [2.24, 2.45) is 5.92 Å². The Morgan fingerprint density at radius 3 is 2.72 bits per heavy atom. The first-order valence-corrected chi connectivity index (χ1v) is 11.1. The first-order valence-electron chi connectivity index (χ1n) is 8.91. The summed E-state index contributed by atoms with van der Waals surface area (Å²) in [5.41, 5.74) is 0.926. The van der Waals surface area contributed by atoms with Gasteiger partial charge in [-0.2, -0.15) is 0 Å². The Kier molecular flexibility index (Phi) is 7.32. The maximum Gasteiger partial charge on any atom is 0.234 e. The van der Waals surface area contributed by atoms with Crippen LogP contribution in [-0.4, -0.2) is 26.4 Å². The molecular weight excluding hydrogens is 479 g/mol. The molecule has 1 heterocycles.